The van der Waals surface area contributed by atoms with Crippen molar-refractivity contribution < 1.29 is 4.74 Å². The lowest BCUT2D eigenvalue weighted by molar-refractivity contribution is 0.0879. The second-order valence-corrected chi connectivity index (χ2v) is 12.7. The Morgan fingerprint density at radius 2 is 1.95 bits per heavy atom. The molecule has 0 unspecified atom stereocenters. The van der Waals surface area contributed by atoms with Gasteiger partial charge >= 0.3 is 0 Å². The maximum Gasteiger partial charge on any atom is 0.252 e. The maximum atomic E-state index is 12.1. The van der Waals surface area contributed by atoms with Crippen LogP contribution in [0.2, 0.25) is 25.7 Å². The molecule has 0 aliphatic heterocycles. The number of ether oxygens (including phenoxy) is 1. The number of pyridine rings is 1. The number of aromatic nitrogens is 1. The quantitative estimate of drug-likeness (QED) is 0.435. The zero-order chi connectivity index (χ0) is 15.5. The van der Waals surface area contributed by atoms with Gasteiger partial charge in [-0.1, -0.05) is 41.6 Å². The zero-order valence-electron chi connectivity index (χ0n) is 12.9. The molecule has 0 atom stereocenters. The fourth-order valence-corrected chi connectivity index (χ4v) is 3.21. The number of hydrogen-bond donors (Lipinski definition) is 0. The standard InChI is InChI=1S/C16H22BrNO2Si/c1-21(2,3)9-8-20-12-18-15-6-4-13(11-17)10-14(15)5-7-16(18)19/h4-7,10H,8-9,11-12H2,1-3H3. The molecule has 0 saturated carbocycles. The monoisotopic (exact) mass is 367 g/mol. The molecule has 0 aliphatic carbocycles. The SMILES string of the molecule is C[Si](C)(C)CCOCn1c(=O)ccc2cc(CBr)ccc21. The molecule has 0 N–H and O–H groups in total. The van der Waals surface area contributed by atoms with E-state index in [1.165, 1.54) is 5.56 Å². The van der Waals surface area contributed by atoms with Crippen LogP contribution in [-0.4, -0.2) is 19.2 Å². The molecule has 2 rings (SSSR count). The summed E-state index contributed by atoms with van der Waals surface area (Å²) in [5.41, 5.74) is 2.12. The normalized spacial score (nSPS) is 12.0. The predicted molar refractivity (Wildman–Crippen MR) is 94.9 cm³/mol. The van der Waals surface area contributed by atoms with E-state index in [0.29, 0.717) is 6.73 Å². The van der Waals surface area contributed by atoms with Crippen LogP contribution in [0.3, 0.4) is 0 Å². The molecule has 0 fully saturated rings. The van der Waals surface area contributed by atoms with Crippen molar-refractivity contribution in [2.24, 2.45) is 0 Å². The Morgan fingerprint density at radius 3 is 2.62 bits per heavy atom. The number of rotatable bonds is 6. The highest BCUT2D eigenvalue weighted by molar-refractivity contribution is 9.08. The Balaban J connectivity index is 2.18. The largest absolute Gasteiger partial charge is 0.361 e. The number of nitrogens with zero attached hydrogens (tertiary/aromatic N) is 1. The van der Waals surface area contributed by atoms with Gasteiger partial charge in [0.15, 0.2) is 0 Å². The topological polar surface area (TPSA) is 31.2 Å². The van der Waals surface area contributed by atoms with Gasteiger partial charge in [0.05, 0.1) is 5.52 Å². The molecule has 114 valence electrons. The van der Waals surface area contributed by atoms with Crippen LogP contribution in [0.15, 0.2) is 35.1 Å². The first kappa shape index (κ1) is 16.5. The highest BCUT2D eigenvalue weighted by Gasteiger charge is 2.12. The summed E-state index contributed by atoms with van der Waals surface area (Å²) in [5.74, 6) is 0. The molecule has 3 nitrogen and oxygen atoms in total. The molecule has 0 aliphatic rings. The lowest BCUT2D eigenvalue weighted by atomic mass is 10.1. The van der Waals surface area contributed by atoms with Crippen LogP contribution in [0.4, 0.5) is 0 Å². The van der Waals surface area contributed by atoms with Crippen LogP contribution in [0.5, 0.6) is 0 Å². The molecular formula is C16H22BrNO2Si. The second-order valence-electron chi connectivity index (χ2n) is 6.47. The molecule has 0 bridgehead atoms. The second kappa shape index (κ2) is 6.90. The van der Waals surface area contributed by atoms with E-state index in [1.807, 2.05) is 18.2 Å². The van der Waals surface area contributed by atoms with Crippen molar-refractivity contribution in [3.05, 3.63) is 46.2 Å². The average molecular weight is 368 g/mol. The highest BCUT2D eigenvalue weighted by atomic mass is 79.9. The average Bonchev–Trinajstić information content (AvgIpc) is 2.43. The van der Waals surface area contributed by atoms with Gasteiger partial charge in [-0.05, 0) is 35.2 Å². The number of hydrogen-bond acceptors (Lipinski definition) is 2. The van der Waals surface area contributed by atoms with E-state index in [-0.39, 0.29) is 5.56 Å². The van der Waals surface area contributed by atoms with E-state index in [1.54, 1.807) is 10.6 Å². The minimum atomic E-state index is -1.09. The van der Waals surface area contributed by atoms with Gasteiger partial charge in [-0.2, -0.15) is 0 Å². The van der Waals surface area contributed by atoms with Crippen molar-refractivity contribution in [3.8, 4) is 0 Å². The molecule has 1 aromatic heterocycles. The molecule has 2 aromatic rings. The Hall–Kier alpha value is -0.913. The minimum Gasteiger partial charge on any atom is -0.361 e. The van der Waals surface area contributed by atoms with Crippen molar-refractivity contribution >= 4 is 34.9 Å². The third-order valence-electron chi connectivity index (χ3n) is 3.43. The maximum absolute atomic E-state index is 12.1. The Morgan fingerprint density at radius 1 is 1.19 bits per heavy atom. The van der Waals surface area contributed by atoms with E-state index < -0.39 is 8.07 Å². The Bertz CT molecular complexity index is 676. The molecule has 0 saturated heterocycles. The smallest absolute Gasteiger partial charge is 0.252 e. The summed E-state index contributed by atoms with van der Waals surface area (Å²) >= 11 is 3.46. The number of alkyl halides is 1. The lowest BCUT2D eigenvalue weighted by Gasteiger charge is -2.16. The molecule has 0 spiro atoms. The van der Waals surface area contributed by atoms with Gasteiger partial charge in [0.1, 0.15) is 6.73 Å². The van der Waals surface area contributed by atoms with Gasteiger partial charge < -0.3 is 4.74 Å². The fourth-order valence-electron chi connectivity index (χ4n) is 2.10. The first-order valence-corrected chi connectivity index (χ1v) is 12.0. The van der Waals surface area contributed by atoms with E-state index in [9.17, 15) is 4.79 Å². The summed E-state index contributed by atoms with van der Waals surface area (Å²) in [6, 6.07) is 10.7. The number of fused-ring (bicyclic) bond motifs is 1. The molecule has 5 heteroatoms. The third-order valence-corrected chi connectivity index (χ3v) is 5.78. The van der Waals surface area contributed by atoms with Crippen molar-refractivity contribution in [2.75, 3.05) is 6.61 Å². The van der Waals surface area contributed by atoms with Crippen LogP contribution in [-0.2, 0) is 16.8 Å². The van der Waals surface area contributed by atoms with Crippen molar-refractivity contribution in [2.45, 2.75) is 37.7 Å². The Kier molecular flexibility index (Phi) is 5.41. The van der Waals surface area contributed by atoms with Crippen LogP contribution in [0.1, 0.15) is 5.56 Å². The highest BCUT2D eigenvalue weighted by Crippen LogP contribution is 2.16. The molecular weight excluding hydrogens is 346 g/mol. The first-order valence-electron chi connectivity index (χ1n) is 7.17. The molecule has 0 radical (unpaired) electrons. The van der Waals surface area contributed by atoms with E-state index in [2.05, 4.69) is 41.6 Å². The minimum absolute atomic E-state index is 0.0119. The third kappa shape index (κ3) is 4.53. The van der Waals surface area contributed by atoms with E-state index in [0.717, 1.165) is 28.9 Å². The predicted octanol–water partition coefficient (Wildman–Crippen LogP) is 4.21. The van der Waals surface area contributed by atoms with Gasteiger partial charge in [0.25, 0.3) is 5.56 Å². The van der Waals surface area contributed by atoms with Gasteiger partial charge in [-0.15, -0.1) is 0 Å². The lowest BCUT2D eigenvalue weighted by Crippen LogP contribution is -2.24. The van der Waals surface area contributed by atoms with Gasteiger partial charge in [0.2, 0.25) is 0 Å². The summed E-state index contributed by atoms with van der Waals surface area (Å²) in [4.78, 5) is 12.1. The van der Waals surface area contributed by atoms with Crippen LogP contribution in [0, 0.1) is 0 Å². The summed E-state index contributed by atoms with van der Waals surface area (Å²) in [7, 11) is -1.09. The van der Waals surface area contributed by atoms with Gasteiger partial charge in [0, 0.05) is 26.1 Å². The van der Waals surface area contributed by atoms with Gasteiger partial charge in [-0.25, -0.2) is 0 Å². The number of benzene rings is 1. The van der Waals surface area contributed by atoms with Crippen LogP contribution < -0.4 is 5.56 Å². The summed E-state index contributed by atoms with van der Waals surface area (Å²) in [6.07, 6.45) is 0. The van der Waals surface area contributed by atoms with E-state index >= 15 is 0 Å². The van der Waals surface area contributed by atoms with Crippen molar-refractivity contribution in [1.29, 1.82) is 0 Å². The van der Waals surface area contributed by atoms with Crippen molar-refractivity contribution in [1.82, 2.24) is 4.57 Å². The molecule has 1 heterocycles. The Labute approximate surface area is 135 Å². The van der Waals surface area contributed by atoms with Crippen LogP contribution >= 0.6 is 15.9 Å². The molecule has 1 aromatic carbocycles. The van der Waals surface area contributed by atoms with Crippen molar-refractivity contribution in [3.63, 3.8) is 0 Å². The summed E-state index contributed by atoms with van der Waals surface area (Å²) in [6.45, 7) is 8.01. The van der Waals surface area contributed by atoms with Gasteiger partial charge in [-0.3, -0.25) is 9.36 Å². The van der Waals surface area contributed by atoms with Crippen LogP contribution in [0.25, 0.3) is 10.9 Å². The molecule has 21 heavy (non-hydrogen) atoms. The van der Waals surface area contributed by atoms with E-state index in [4.69, 9.17) is 4.74 Å². The number of halogens is 1. The molecule has 0 amide bonds. The summed E-state index contributed by atoms with van der Waals surface area (Å²) in [5, 5.41) is 1.88. The fraction of sp³-hybridized carbons (Fsp3) is 0.438. The summed E-state index contributed by atoms with van der Waals surface area (Å²) < 4.78 is 7.44. The first-order chi connectivity index (χ1) is 9.90. The zero-order valence-corrected chi connectivity index (χ0v) is 15.4.